The molecule has 0 radical (unpaired) electrons. The minimum atomic E-state index is -0.724. The van der Waals surface area contributed by atoms with Gasteiger partial charge in [0.25, 0.3) is 0 Å². The molecule has 2 aromatic heterocycles. The van der Waals surface area contributed by atoms with Crippen LogP contribution >= 0.6 is 0 Å². The van der Waals surface area contributed by atoms with Gasteiger partial charge >= 0.3 is 12.1 Å². The molecular weight excluding hydrogens is 438 g/mol. The fourth-order valence-corrected chi connectivity index (χ4v) is 5.40. The highest BCUT2D eigenvalue weighted by Gasteiger charge is 2.63. The molecule has 182 valence electrons. The van der Waals surface area contributed by atoms with E-state index in [4.69, 9.17) is 9.47 Å². The van der Waals surface area contributed by atoms with Gasteiger partial charge in [0.05, 0.1) is 17.3 Å². The second-order valence-corrected chi connectivity index (χ2v) is 9.86. The Morgan fingerprint density at radius 2 is 2.03 bits per heavy atom. The molecule has 10 heteroatoms. The number of nitrogens with zero attached hydrogens (tertiary/aromatic N) is 5. The van der Waals surface area contributed by atoms with Gasteiger partial charge in [-0.25, -0.2) is 14.5 Å². The number of ether oxygens (including phenoxy) is 2. The van der Waals surface area contributed by atoms with Gasteiger partial charge in [0, 0.05) is 26.6 Å². The van der Waals surface area contributed by atoms with Crippen LogP contribution < -0.4 is 4.74 Å². The van der Waals surface area contributed by atoms with Crippen LogP contribution in [0.2, 0.25) is 0 Å². The molecule has 34 heavy (non-hydrogen) atoms. The van der Waals surface area contributed by atoms with Crippen molar-refractivity contribution in [1.29, 1.82) is 0 Å². The second-order valence-electron chi connectivity index (χ2n) is 9.86. The third-order valence-electron chi connectivity index (χ3n) is 7.63. The standard InChI is InChI=1S/C24H31N5O5/c1-13-18(34-19-9-7-15-20(19)21(15)23(30)31)10-8-16(25-13)22-17(29(3)27-26-22)12-33-24(32)28(2)11-14-5-4-6-14/h8,10,14-15,19-21H,4-7,9,11-12H2,1-3H3,(H,30,31)/t15-,19-,20-,21+/m0/s1. The molecule has 0 unspecified atom stereocenters. The number of hydrogen-bond donors (Lipinski definition) is 1. The molecule has 0 bridgehead atoms. The first-order valence-electron chi connectivity index (χ1n) is 12.0. The fourth-order valence-electron chi connectivity index (χ4n) is 5.40. The summed E-state index contributed by atoms with van der Waals surface area (Å²) < 4.78 is 13.3. The highest BCUT2D eigenvalue weighted by Crippen LogP contribution is 2.58. The van der Waals surface area contributed by atoms with Gasteiger partial charge in [0.15, 0.2) is 0 Å². The number of aliphatic carboxylic acids is 1. The monoisotopic (exact) mass is 469 g/mol. The highest BCUT2D eigenvalue weighted by atomic mass is 16.6. The average Bonchev–Trinajstić information content (AvgIpc) is 3.19. The summed E-state index contributed by atoms with van der Waals surface area (Å²) in [4.78, 5) is 30.1. The molecule has 1 amide bonds. The van der Waals surface area contributed by atoms with Gasteiger partial charge in [0.1, 0.15) is 29.8 Å². The third kappa shape index (κ3) is 4.21. The van der Waals surface area contributed by atoms with Crippen LogP contribution in [0.4, 0.5) is 4.79 Å². The molecule has 0 aliphatic heterocycles. The van der Waals surface area contributed by atoms with E-state index in [1.165, 1.54) is 19.3 Å². The van der Waals surface area contributed by atoms with Crippen LogP contribution in [0.25, 0.3) is 11.4 Å². The number of fused-ring (bicyclic) bond motifs is 1. The lowest BCUT2D eigenvalue weighted by Crippen LogP contribution is -2.34. The molecule has 2 heterocycles. The Bertz CT molecular complexity index is 1100. The van der Waals surface area contributed by atoms with Crippen LogP contribution in [0.1, 0.15) is 43.5 Å². The molecule has 0 aromatic carbocycles. The summed E-state index contributed by atoms with van der Waals surface area (Å²) in [7, 11) is 3.52. The van der Waals surface area contributed by atoms with E-state index in [2.05, 4.69) is 15.3 Å². The summed E-state index contributed by atoms with van der Waals surface area (Å²) in [5, 5.41) is 17.7. The minimum absolute atomic E-state index is 0.0490. The smallest absolute Gasteiger partial charge is 0.409 e. The molecule has 3 fully saturated rings. The molecule has 3 aliphatic rings. The zero-order chi connectivity index (χ0) is 24.0. The highest BCUT2D eigenvalue weighted by molar-refractivity contribution is 5.75. The predicted molar refractivity (Wildman–Crippen MR) is 121 cm³/mol. The maximum absolute atomic E-state index is 12.4. The fraction of sp³-hybridized carbons (Fsp3) is 0.625. The number of carbonyl (C=O) groups excluding carboxylic acids is 1. The van der Waals surface area contributed by atoms with E-state index in [1.807, 2.05) is 19.1 Å². The zero-order valence-corrected chi connectivity index (χ0v) is 19.8. The third-order valence-corrected chi connectivity index (χ3v) is 7.63. The van der Waals surface area contributed by atoms with Crippen LogP contribution in [0.5, 0.6) is 5.75 Å². The molecule has 3 aliphatic carbocycles. The number of aromatic nitrogens is 4. The lowest BCUT2D eigenvalue weighted by atomic mass is 9.85. The summed E-state index contributed by atoms with van der Waals surface area (Å²) >= 11 is 0. The number of pyridine rings is 1. The number of hydrogen-bond acceptors (Lipinski definition) is 7. The normalized spacial score (nSPS) is 25.4. The molecule has 0 spiro atoms. The largest absolute Gasteiger partial charge is 0.488 e. The van der Waals surface area contributed by atoms with Crippen molar-refractivity contribution < 1.29 is 24.2 Å². The Morgan fingerprint density at radius 3 is 2.68 bits per heavy atom. The van der Waals surface area contributed by atoms with Crippen molar-refractivity contribution >= 4 is 12.1 Å². The summed E-state index contributed by atoms with van der Waals surface area (Å²) in [5.41, 5.74) is 2.53. The molecule has 10 nitrogen and oxygen atoms in total. The van der Waals surface area contributed by atoms with E-state index in [9.17, 15) is 14.7 Å². The van der Waals surface area contributed by atoms with Gasteiger partial charge in [-0.1, -0.05) is 11.6 Å². The maximum atomic E-state index is 12.4. The van der Waals surface area contributed by atoms with Crippen LogP contribution in [0.3, 0.4) is 0 Å². The van der Waals surface area contributed by atoms with Crippen molar-refractivity contribution in [3.05, 3.63) is 23.5 Å². The van der Waals surface area contributed by atoms with E-state index in [1.54, 1.807) is 23.7 Å². The number of carboxylic acid groups (broad SMARTS) is 1. The van der Waals surface area contributed by atoms with Crippen molar-refractivity contribution in [3.63, 3.8) is 0 Å². The van der Waals surface area contributed by atoms with Crippen LogP contribution in [-0.4, -0.2) is 61.7 Å². The van der Waals surface area contributed by atoms with Gasteiger partial charge in [-0.15, -0.1) is 5.10 Å². The van der Waals surface area contributed by atoms with Crippen molar-refractivity contribution in [2.24, 2.45) is 30.7 Å². The quantitative estimate of drug-likeness (QED) is 0.626. The Balaban J connectivity index is 1.24. The van der Waals surface area contributed by atoms with Crippen LogP contribution in [-0.2, 0) is 23.2 Å². The van der Waals surface area contributed by atoms with Gasteiger partial charge in [0.2, 0.25) is 0 Å². The van der Waals surface area contributed by atoms with E-state index in [0.29, 0.717) is 41.0 Å². The average molecular weight is 470 g/mol. The summed E-state index contributed by atoms with van der Waals surface area (Å²) in [6, 6.07) is 3.66. The first-order chi connectivity index (χ1) is 16.3. The second kappa shape index (κ2) is 8.88. The van der Waals surface area contributed by atoms with Crippen molar-refractivity contribution in [1.82, 2.24) is 24.9 Å². The molecular formula is C24H31N5O5. The van der Waals surface area contributed by atoms with Gasteiger partial charge in [-0.2, -0.15) is 0 Å². The van der Waals surface area contributed by atoms with Gasteiger partial charge in [-0.05, 0) is 56.6 Å². The number of amides is 1. The van der Waals surface area contributed by atoms with E-state index >= 15 is 0 Å². The predicted octanol–water partition coefficient (Wildman–Crippen LogP) is 3.04. The first-order valence-corrected chi connectivity index (χ1v) is 12.0. The number of carbonyl (C=O) groups is 2. The lowest BCUT2D eigenvalue weighted by Gasteiger charge is -2.29. The Labute approximate surface area is 198 Å². The van der Waals surface area contributed by atoms with E-state index in [-0.39, 0.29) is 36.6 Å². The molecule has 2 aromatic rings. The van der Waals surface area contributed by atoms with E-state index < -0.39 is 5.97 Å². The Kier molecular flexibility index (Phi) is 5.91. The minimum Gasteiger partial charge on any atom is -0.488 e. The van der Waals surface area contributed by atoms with Gasteiger partial charge in [-0.3, -0.25) is 4.79 Å². The number of carboxylic acids is 1. The number of rotatable bonds is 8. The van der Waals surface area contributed by atoms with Crippen molar-refractivity contribution in [2.75, 3.05) is 13.6 Å². The van der Waals surface area contributed by atoms with Crippen molar-refractivity contribution in [3.8, 4) is 17.1 Å². The van der Waals surface area contributed by atoms with Crippen LogP contribution in [0.15, 0.2) is 12.1 Å². The zero-order valence-electron chi connectivity index (χ0n) is 19.8. The topological polar surface area (TPSA) is 120 Å². The Hall–Kier alpha value is -3.17. The Morgan fingerprint density at radius 1 is 1.24 bits per heavy atom. The molecule has 5 rings (SSSR count). The first kappa shape index (κ1) is 22.6. The molecule has 1 N–H and O–H groups in total. The summed E-state index contributed by atoms with van der Waals surface area (Å²) in [6.45, 7) is 2.62. The summed E-state index contributed by atoms with van der Waals surface area (Å²) in [5.74, 6) is 0.569. The SMILES string of the molecule is Cc1nc(-c2nnn(C)c2COC(=O)N(C)CC2CCC2)ccc1O[C@H]1CC[C@@H]2[C@@H](C(=O)O)[C@@H]21. The molecule has 3 saturated carbocycles. The van der Waals surface area contributed by atoms with Crippen molar-refractivity contribution in [2.45, 2.75) is 51.7 Å². The van der Waals surface area contributed by atoms with E-state index in [0.717, 1.165) is 12.8 Å². The van der Waals surface area contributed by atoms with Crippen LogP contribution in [0, 0.1) is 30.6 Å². The lowest BCUT2D eigenvalue weighted by molar-refractivity contribution is -0.139. The summed E-state index contributed by atoms with van der Waals surface area (Å²) in [6.07, 6.45) is 4.89. The van der Waals surface area contributed by atoms with Gasteiger partial charge < -0.3 is 19.5 Å². The number of aryl methyl sites for hydroxylation is 2. The maximum Gasteiger partial charge on any atom is 0.409 e. The molecule has 4 atom stereocenters. The molecule has 0 saturated heterocycles.